The fourth-order valence-corrected chi connectivity index (χ4v) is 4.32. The van der Waals surface area contributed by atoms with Gasteiger partial charge in [0, 0.05) is 16.7 Å². The van der Waals surface area contributed by atoms with Crippen LogP contribution in [0, 0.1) is 0 Å². The lowest BCUT2D eigenvalue weighted by atomic mass is 10.2. The van der Waals surface area contributed by atoms with E-state index in [1.165, 1.54) is 11.8 Å². The maximum absolute atomic E-state index is 5.41. The second-order valence-corrected chi connectivity index (χ2v) is 7.51. The Hall–Kier alpha value is -2.91. The van der Waals surface area contributed by atoms with Crippen LogP contribution in [-0.2, 0) is 5.75 Å². The van der Waals surface area contributed by atoms with Crippen molar-refractivity contribution in [1.82, 2.24) is 25.2 Å². The Bertz CT molecular complexity index is 1080. The number of rotatable bonds is 7. The minimum absolute atomic E-state index is 0.663. The molecule has 4 rings (SSSR count). The van der Waals surface area contributed by atoms with Gasteiger partial charge in [-0.1, -0.05) is 36.0 Å². The molecular formula is C19H17N5O2S2. The van der Waals surface area contributed by atoms with Crippen molar-refractivity contribution >= 4 is 23.1 Å². The standard InChI is InChI=1S/C19H17N5O2S2/c1-25-15-7-5-6-13(10-15)18-20-14(11-27-18)12-28-19-21-22-23-24(19)16-8-3-4-9-17(16)26-2/h3-11H,12H2,1-2H3. The van der Waals surface area contributed by atoms with Crippen molar-refractivity contribution < 1.29 is 9.47 Å². The number of nitrogens with zero attached hydrogens (tertiary/aromatic N) is 5. The smallest absolute Gasteiger partial charge is 0.214 e. The van der Waals surface area contributed by atoms with Crippen molar-refractivity contribution in [2.24, 2.45) is 0 Å². The van der Waals surface area contributed by atoms with Crippen LogP contribution in [0.15, 0.2) is 59.1 Å². The van der Waals surface area contributed by atoms with E-state index in [9.17, 15) is 0 Å². The minimum Gasteiger partial charge on any atom is -0.497 e. The SMILES string of the molecule is COc1cccc(-c2nc(CSc3nnnn3-c3ccccc3OC)cs2)c1. The van der Waals surface area contributed by atoms with E-state index >= 15 is 0 Å². The molecule has 0 aliphatic rings. The van der Waals surface area contributed by atoms with Gasteiger partial charge >= 0.3 is 0 Å². The molecule has 2 heterocycles. The first-order valence-electron chi connectivity index (χ1n) is 8.42. The summed E-state index contributed by atoms with van der Waals surface area (Å²) in [5, 5.41) is 15.7. The fraction of sp³-hybridized carbons (Fsp3) is 0.158. The molecule has 0 amide bonds. The number of methoxy groups -OCH3 is 2. The van der Waals surface area contributed by atoms with Gasteiger partial charge in [-0.25, -0.2) is 4.98 Å². The highest BCUT2D eigenvalue weighted by molar-refractivity contribution is 7.98. The lowest BCUT2D eigenvalue weighted by Crippen LogP contribution is -2.01. The average Bonchev–Trinajstić information content (AvgIpc) is 3.41. The summed E-state index contributed by atoms with van der Waals surface area (Å²) >= 11 is 3.14. The van der Waals surface area contributed by atoms with Crippen molar-refractivity contribution in [2.75, 3.05) is 14.2 Å². The summed E-state index contributed by atoms with van der Waals surface area (Å²) in [4.78, 5) is 4.73. The van der Waals surface area contributed by atoms with E-state index in [0.29, 0.717) is 16.7 Å². The fourth-order valence-electron chi connectivity index (χ4n) is 2.63. The molecule has 0 aliphatic heterocycles. The second-order valence-electron chi connectivity index (χ2n) is 5.71. The van der Waals surface area contributed by atoms with Gasteiger partial charge in [-0.3, -0.25) is 0 Å². The summed E-state index contributed by atoms with van der Waals surface area (Å²) in [7, 11) is 3.29. The van der Waals surface area contributed by atoms with E-state index in [1.54, 1.807) is 30.2 Å². The summed E-state index contributed by atoms with van der Waals surface area (Å²) in [6.07, 6.45) is 0. The molecule has 28 heavy (non-hydrogen) atoms. The van der Waals surface area contributed by atoms with Crippen LogP contribution in [0.1, 0.15) is 5.69 Å². The Morgan fingerprint density at radius 3 is 2.82 bits per heavy atom. The van der Waals surface area contributed by atoms with Crippen LogP contribution in [0.2, 0.25) is 0 Å². The molecule has 0 unspecified atom stereocenters. The molecule has 0 atom stereocenters. The van der Waals surface area contributed by atoms with Gasteiger partial charge in [0.1, 0.15) is 22.2 Å². The molecule has 0 fully saturated rings. The van der Waals surface area contributed by atoms with E-state index in [-0.39, 0.29) is 0 Å². The van der Waals surface area contributed by atoms with Gasteiger partial charge in [-0.2, -0.15) is 4.68 Å². The molecule has 142 valence electrons. The third-order valence-electron chi connectivity index (χ3n) is 3.97. The number of para-hydroxylation sites is 2. The predicted molar refractivity (Wildman–Crippen MR) is 109 cm³/mol. The quantitative estimate of drug-likeness (QED) is 0.424. The zero-order valence-corrected chi connectivity index (χ0v) is 16.9. The molecule has 4 aromatic rings. The van der Waals surface area contributed by atoms with Crippen molar-refractivity contribution in [3.63, 3.8) is 0 Å². The van der Waals surface area contributed by atoms with Crippen LogP contribution in [0.4, 0.5) is 0 Å². The van der Waals surface area contributed by atoms with Gasteiger partial charge < -0.3 is 9.47 Å². The monoisotopic (exact) mass is 411 g/mol. The van der Waals surface area contributed by atoms with Crippen LogP contribution in [0.3, 0.4) is 0 Å². The normalized spacial score (nSPS) is 10.8. The van der Waals surface area contributed by atoms with Crippen LogP contribution >= 0.6 is 23.1 Å². The van der Waals surface area contributed by atoms with E-state index in [1.807, 2.05) is 48.5 Å². The first-order chi connectivity index (χ1) is 13.8. The third kappa shape index (κ3) is 3.85. The topological polar surface area (TPSA) is 75.0 Å². The highest BCUT2D eigenvalue weighted by Gasteiger charge is 2.14. The van der Waals surface area contributed by atoms with Gasteiger partial charge in [-0.15, -0.1) is 16.4 Å². The number of benzene rings is 2. The molecule has 0 spiro atoms. The maximum atomic E-state index is 5.41. The summed E-state index contributed by atoms with van der Waals surface area (Å²) in [6.45, 7) is 0. The summed E-state index contributed by atoms with van der Waals surface area (Å²) in [5.74, 6) is 2.20. The van der Waals surface area contributed by atoms with Crippen molar-refractivity contribution in [1.29, 1.82) is 0 Å². The molecule has 0 aliphatic carbocycles. The molecular weight excluding hydrogens is 394 g/mol. The Morgan fingerprint density at radius 1 is 1.07 bits per heavy atom. The largest absolute Gasteiger partial charge is 0.497 e. The van der Waals surface area contributed by atoms with Crippen molar-refractivity contribution in [3.05, 3.63) is 59.6 Å². The molecule has 7 nitrogen and oxygen atoms in total. The Balaban J connectivity index is 1.51. The molecule has 2 aromatic heterocycles. The zero-order valence-electron chi connectivity index (χ0n) is 15.3. The molecule has 0 radical (unpaired) electrons. The Kier molecular flexibility index (Phi) is 5.54. The van der Waals surface area contributed by atoms with E-state index in [2.05, 4.69) is 20.9 Å². The first-order valence-corrected chi connectivity index (χ1v) is 10.3. The van der Waals surface area contributed by atoms with Crippen LogP contribution < -0.4 is 9.47 Å². The number of hydrogen-bond donors (Lipinski definition) is 0. The van der Waals surface area contributed by atoms with Gasteiger partial charge in [0.2, 0.25) is 5.16 Å². The summed E-state index contributed by atoms with van der Waals surface area (Å²) < 4.78 is 12.4. The van der Waals surface area contributed by atoms with Crippen LogP contribution in [0.25, 0.3) is 16.3 Å². The van der Waals surface area contributed by atoms with Crippen LogP contribution in [-0.4, -0.2) is 39.4 Å². The van der Waals surface area contributed by atoms with E-state index < -0.39 is 0 Å². The van der Waals surface area contributed by atoms with Gasteiger partial charge in [0.15, 0.2) is 0 Å². The number of hydrogen-bond acceptors (Lipinski definition) is 8. The summed E-state index contributed by atoms with van der Waals surface area (Å²) in [5.41, 5.74) is 2.81. The van der Waals surface area contributed by atoms with E-state index in [4.69, 9.17) is 14.5 Å². The lowest BCUT2D eigenvalue weighted by molar-refractivity contribution is 0.410. The molecule has 0 N–H and O–H groups in total. The van der Waals surface area contributed by atoms with Crippen LogP contribution in [0.5, 0.6) is 11.5 Å². The second kappa shape index (κ2) is 8.41. The van der Waals surface area contributed by atoms with Crippen molar-refractivity contribution in [2.45, 2.75) is 10.9 Å². The Labute approximate surface area is 170 Å². The van der Waals surface area contributed by atoms with Gasteiger partial charge in [0.25, 0.3) is 0 Å². The number of ether oxygens (including phenoxy) is 2. The Morgan fingerprint density at radius 2 is 1.96 bits per heavy atom. The number of aromatic nitrogens is 5. The third-order valence-corrected chi connectivity index (χ3v) is 5.86. The number of thioether (sulfide) groups is 1. The average molecular weight is 412 g/mol. The molecule has 0 saturated heterocycles. The lowest BCUT2D eigenvalue weighted by Gasteiger charge is -2.08. The maximum Gasteiger partial charge on any atom is 0.214 e. The number of tetrazole rings is 1. The highest BCUT2D eigenvalue weighted by Crippen LogP contribution is 2.30. The minimum atomic E-state index is 0.663. The number of thiazole rings is 1. The van der Waals surface area contributed by atoms with E-state index in [0.717, 1.165) is 27.7 Å². The molecule has 9 heteroatoms. The summed E-state index contributed by atoms with van der Waals surface area (Å²) in [6, 6.07) is 15.5. The molecule has 0 saturated carbocycles. The van der Waals surface area contributed by atoms with Gasteiger partial charge in [0.05, 0.1) is 19.9 Å². The first kappa shape index (κ1) is 18.5. The molecule has 0 bridgehead atoms. The highest BCUT2D eigenvalue weighted by atomic mass is 32.2. The van der Waals surface area contributed by atoms with Gasteiger partial charge in [-0.05, 0) is 34.7 Å². The van der Waals surface area contributed by atoms with Crippen molar-refractivity contribution in [3.8, 4) is 27.8 Å². The molecule has 2 aromatic carbocycles. The predicted octanol–water partition coefficient (Wildman–Crippen LogP) is 4.10. The zero-order chi connectivity index (χ0) is 19.3.